The maximum Gasteiger partial charge on any atom is 3.00 e. The van der Waals surface area contributed by atoms with Gasteiger partial charge in [0, 0.05) is 0 Å². The maximum absolute atomic E-state index is 7.17. The van der Waals surface area contributed by atoms with Gasteiger partial charge in [0.2, 0.25) is 0 Å². The molecule has 5 heteroatoms. The predicted molar refractivity (Wildman–Crippen MR) is 12.4 cm³/mol. The number of rotatable bonds is 0. The molecule has 0 unspecified atom stereocenters. The zero-order valence-electron chi connectivity index (χ0n) is 2.42. The Hall–Kier alpha value is 0.659. The van der Waals surface area contributed by atoms with Gasteiger partial charge in [-0.15, -0.1) is 0 Å². The summed E-state index contributed by atoms with van der Waals surface area (Å²) in [5.41, 5.74) is 0. The summed E-state index contributed by atoms with van der Waals surface area (Å²) in [4.78, 5) is 0. The van der Waals surface area contributed by atoms with E-state index in [0.717, 1.165) is 0 Å². The van der Waals surface area contributed by atoms with Crippen LogP contribution in [0.25, 0.3) is 0 Å². The molecule has 0 saturated carbocycles. The van der Waals surface area contributed by atoms with Crippen molar-refractivity contribution in [1.82, 2.24) is 0 Å². The molecule has 0 aromatic heterocycles. The minimum atomic E-state index is -2.17. The fraction of sp³-hybridized carbons (Fsp3) is 0. The van der Waals surface area contributed by atoms with Crippen LogP contribution in [0.2, 0.25) is 0 Å². The Morgan fingerprint density at radius 3 is 1.00 bits per heavy atom. The van der Waals surface area contributed by atoms with Gasteiger partial charge >= 0.3 is 29.0 Å². The average molecular weight is 110 g/mol. The van der Waals surface area contributed by atoms with Crippen molar-refractivity contribution >= 4 is 7.32 Å². The van der Waals surface area contributed by atoms with Crippen LogP contribution in [-0.2, 0) is 21.7 Å². The van der Waals surface area contributed by atoms with Gasteiger partial charge in [-0.25, -0.2) is 0 Å². The van der Waals surface area contributed by atoms with Gasteiger partial charge in [0.05, 0.1) is 0 Å². The molecule has 0 rings (SSSR count). The van der Waals surface area contributed by atoms with Gasteiger partial charge in [0.1, 0.15) is 0 Å². The van der Waals surface area contributed by atoms with Gasteiger partial charge in [0.15, 0.2) is 0 Å². The topological polar surface area (TPSA) is 60.7 Å². The second-order valence-electron chi connectivity index (χ2n) is 0.346. The van der Waals surface area contributed by atoms with Crippen molar-refractivity contribution in [2.75, 3.05) is 0 Å². The third kappa shape index (κ3) is 75.8. The standard InChI is InChI=1S/BH3O3.Ti/c2-1(3)4;/h2-4H;/q;+3. The summed E-state index contributed by atoms with van der Waals surface area (Å²) in [6.45, 7) is 0. The smallest absolute Gasteiger partial charge is 0.402 e. The van der Waals surface area contributed by atoms with E-state index >= 15 is 0 Å². The van der Waals surface area contributed by atoms with Crippen molar-refractivity contribution in [2.45, 2.75) is 0 Å². The molecule has 25 valence electrons. The van der Waals surface area contributed by atoms with Crippen molar-refractivity contribution < 1.29 is 36.8 Å². The van der Waals surface area contributed by atoms with Crippen LogP contribution >= 0.6 is 0 Å². The van der Waals surface area contributed by atoms with Gasteiger partial charge in [0.25, 0.3) is 0 Å². The monoisotopic (exact) mass is 110 g/mol. The van der Waals surface area contributed by atoms with Gasteiger partial charge in [-0.3, -0.25) is 0 Å². The molecule has 0 amide bonds. The molecule has 0 bridgehead atoms. The predicted octanol–water partition coefficient (Wildman–Crippen LogP) is -2.05. The fourth-order valence-corrected chi connectivity index (χ4v) is 0. The van der Waals surface area contributed by atoms with Gasteiger partial charge in [-0.2, -0.15) is 0 Å². The summed E-state index contributed by atoms with van der Waals surface area (Å²) < 4.78 is 0. The average Bonchev–Trinajstić information content (AvgIpc) is 0.811. The fourth-order valence-electron chi connectivity index (χ4n) is 0. The number of hydrogen-bond donors (Lipinski definition) is 3. The molecule has 5 heavy (non-hydrogen) atoms. The van der Waals surface area contributed by atoms with Crippen LogP contribution in [0, 0.1) is 0 Å². The minimum Gasteiger partial charge on any atom is -0.402 e. The molecule has 0 heterocycles. The summed E-state index contributed by atoms with van der Waals surface area (Å²) in [6, 6.07) is 0. The van der Waals surface area contributed by atoms with Gasteiger partial charge in [-0.1, -0.05) is 0 Å². The largest absolute Gasteiger partial charge is 3.00 e. The van der Waals surface area contributed by atoms with Crippen molar-refractivity contribution in [3.05, 3.63) is 0 Å². The molecule has 0 aliphatic rings. The van der Waals surface area contributed by atoms with Crippen LogP contribution < -0.4 is 0 Å². The zero-order valence-corrected chi connectivity index (χ0v) is 3.98. The molecule has 1 radical (unpaired) electrons. The Morgan fingerprint density at radius 2 is 1.00 bits per heavy atom. The molecule has 0 aliphatic carbocycles. The first kappa shape index (κ1) is 9.17. The Labute approximate surface area is 44.7 Å². The molecule has 0 aromatic carbocycles. The van der Waals surface area contributed by atoms with Crippen molar-refractivity contribution in [2.24, 2.45) is 0 Å². The first-order chi connectivity index (χ1) is 1.73. The normalized spacial score (nSPS) is 5.40. The first-order valence-electron chi connectivity index (χ1n) is 0.775. The van der Waals surface area contributed by atoms with E-state index in [4.69, 9.17) is 15.1 Å². The van der Waals surface area contributed by atoms with E-state index in [1.807, 2.05) is 0 Å². The summed E-state index contributed by atoms with van der Waals surface area (Å²) in [5, 5.41) is 21.5. The SMILES string of the molecule is OB(O)O.[Ti+3]. The van der Waals surface area contributed by atoms with E-state index in [0.29, 0.717) is 0 Å². The first-order valence-corrected chi connectivity index (χ1v) is 0.775. The van der Waals surface area contributed by atoms with Gasteiger partial charge in [-0.05, 0) is 0 Å². The molecule has 0 spiro atoms. The quantitative estimate of drug-likeness (QED) is 0.314. The summed E-state index contributed by atoms with van der Waals surface area (Å²) in [6.07, 6.45) is 0. The molecule has 0 fully saturated rings. The van der Waals surface area contributed by atoms with Crippen LogP contribution in [-0.4, -0.2) is 22.4 Å². The van der Waals surface area contributed by atoms with Crippen LogP contribution in [0.3, 0.4) is 0 Å². The van der Waals surface area contributed by atoms with E-state index in [-0.39, 0.29) is 21.7 Å². The second kappa shape index (κ2) is 4.66. The Morgan fingerprint density at radius 1 is 1.00 bits per heavy atom. The van der Waals surface area contributed by atoms with Crippen molar-refractivity contribution in [1.29, 1.82) is 0 Å². The van der Waals surface area contributed by atoms with Crippen molar-refractivity contribution in [3.8, 4) is 0 Å². The molecular weight excluding hydrogens is 107 g/mol. The summed E-state index contributed by atoms with van der Waals surface area (Å²) in [5.74, 6) is 0. The molecule has 3 nitrogen and oxygen atoms in total. The maximum atomic E-state index is 7.17. The Kier molecular flexibility index (Phi) is 8.55. The Balaban J connectivity index is 0. The molecular formula is H3BO3Ti+3. The number of hydrogen-bond acceptors (Lipinski definition) is 3. The van der Waals surface area contributed by atoms with Crippen LogP contribution in [0.15, 0.2) is 0 Å². The second-order valence-corrected chi connectivity index (χ2v) is 0.346. The van der Waals surface area contributed by atoms with Crippen LogP contribution in [0.1, 0.15) is 0 Å². The third-order valence-corrected chi connectivity index (χ3v) is 0. The van der Waals surface area contributed by atoms with E-state index in [1.165, 1.54) is 0 Å². The van der Waals surface area contributed by atoms with Crippen molar-refractivity contribution in [3.63, 3.8) is 0 Å². The van der Waals surface area contributed by atoms with Gasteiger partial charge < -0.3 is 15.1 Å². The van der Waals surface area contributed by atoms with E-state index in [1.54, 1.807) is 0 Å². The van der Waals surface area contributed by atoms with E-state index < -0.39 is 7.32 Å². The molecule has 0 aliphatic heterocycles. The zero-order chi connectivity index (χ0) is 3.58. The van der Waals surface area contributed by atoms with E-state index in [9.17, 15) is 0 Å². The summed E-state index contributed by atoms with van der Waals surface area (Å²) >= 11 is 0. The van der Waals surface area contributed by atoms with Crippen LogP contribution in [0.4, 0.5) is 0 Å². The Bertz CT molecular complexity index is 11.6. The third-order valence-electron chi connectivity index (χ3n) is 0. The molecule has 0 aromatic rings. The molecule has 0 saturated heterocycles. The summed E-state index contributed by atoms with van der Waals surface area (Å²) in [7, 11) is -2.17. The van der Waals surface area contributed by atoms with E-state index in [2.05, 4.69) is 0 Å². The molecule has 3 N–H and O–H groups in total. The van der Waals surface area contributed by atoms with Crippen LogP contribution in [0.5, 0.6) is 0 Å². The minimum absolute atomic E-state index is 0. The molecule has 0 atom stereocenters.